The molecule has 3 heterocycles. The van der Waals surface area contributed by atoms with Gasteiger partial charge in [0, 0.05) is 0 Å². The van der Waals surface area contributed by atoms with E-state index < -0.39 is 0 Å². The normalized spacial score (nSPS) is 16.7. The molecule has 0 atom stereocenters. The predicted octanol–water partition coefficient (Wildman–Crippen LogP) is 2.45. The van der Waals surface area contributed by atoms with Gasteiger partial charge in [0.05, 0.1) is 12.7 Å². The van der Waals surface area contributed by atoms with Crippen LogP contribution in [0.25, 0.3) is 10.8 Å². The lowest BCUT2D eigenvalue weighted by molar-refractivity contribution is 0.331. The van der Waals surface area contributed by atoms with Gasteiger partial charge in [0.25, 0.3) is 10.7 Å². The van der Waals surface area contributed by atoms with Crippen LogP contribution in [0.15, 0.2) is 10.6 Å². The molecule has 1 aliphatic rings. The van der Waals surface area contributed by atoms with E-state index in [0.717, 1.165) is 16.4 Å². The fourth-order valence-electron chi connectivity index (χ4n) is 1.95. The van der Waals surface area contributed by atoms with E-state index in [1.165, 1.54) is 25.9 Å². The molecule has 5 nitrogen and oxygen atoms in total. The lowest BCUT2D eigenvalue weighted by Gasteiger charge is -2.11. The van der Waals surface area contributed by atoms with Gasteiger partial charge in [0.1, 0.15) is 9.88 Å². The molecule has 0 amide bonds. The Balaban J connectivity index is 1.75. The highest BCUT2D eigenvalue weighted by Gasteiger charge is 2.15. The van der Waals surface area contributed by atoms with Crippen LogP contribution in [0.3, 0.4) is 0 Å². The molecule has 1 aliphatic heterocycles. The lowest BCUT2D eigenvalue weighted by Crippen LogP contribution is -2.17. The van der Waals surface area contributed by atoms with Crippen LogP contribution in [0.2, 0.25) is 0 Å². The molecule has 1 fully saturated rings. The minimum absolute atomic E-state index is 0.300. The second kappa shape index (κ2) is 4.67. The molecule has 90 valence electrons. The Bertz CT molecular complexity index is 552. The number of likely N-dealkylation sites (tertiary alicyclic amines) is 1. The van der Waals surface area contributed by atoms with Crippen molar-refractivity contribution in [1.82, 2.24) is 20.1 Å². The molecule has 1 saturated heterocycles. The summed E-state index contributed by atoms with van der Waals surface area (Å²) in [6.45, 7) is 3.28. The summed E-state index contributed by atoms with van der Waals surface area (Å²) >= 11 is 6.46. The summed E-state index contributed by atoms with van der Waals surface area (Å²) in [7, 11) is 0. The largest absolute Gasteiger partial charge is 0.408 e. The van der Waals surface area contributed by atoms with E-state index >= 15 is 0 Å². The summed E-state index contributed by atoms with van der Waals surface area (Å²) in [5, 5.41) is 7.71. The van der Waals surface area contributed by atoms with Crippen molar-refractivity contribution in [3.05, 3.63) is 16.0 Å². The Hall–Kier alpha value is -1.05. The van der Waals surface area contributed by atoms with Crippen molar-refractivity contribution in [2.45, 2.75) is 19.4 Å². The molecular formula is C10H12N4OS2. The third kappa shape index (κ3) is 2.46. The molecule has 1 N–H and O–H groups in total. The first-order chi connectivity index (χ1) is 8.31. The number of H-pyrrole nitrogens is 1. The summed E-state index contributed by atoms with van der Waals surface area (Å²) in [5.41, 5.74) is 0. The number of thiazole rings is 1. The van der Waals surface area contributed by atoms with Crippen LogP contribution in [-0.2, 0) is 6.54 Å². The van der Waals surface area contributed by atoms with Crippen molar-refractivity contribution >= 4 is 23.6 Å². The fraction of sp³-hybridized carbons (Fsp3) is 0.500. The van der Waals surface area contributed by atoms with Crippen LogP contribution < -0.4 is 0 Å². The van der Waals surface area contributed by atoms with Gasteiger partial charge < -0.3 is 4.42 Å². The first-order valence-corrected chi connectivity index (χ1v) is 6.77. The average molecular weight is 268 g/mol. The number of nitrogens with one attached hydrogen (secondary N) is 1. The highest BCUT2D eigenvalue weighted by Crippen LogP contribution is 2.25. The molecule has 2 aromatic rings. The lowest BCUT2D eigenvalue weighted by atomic mass is 10.4. The van der Waals surface area contributed by atoms with E-state index in [4.69, 9.17) is 16.6 Å². The first-order valence-electron chi connectivity index (χ1n) is 5.54. The van der Waals surface area contributed by atoms with Gasteiger partial charge in [0.2, 0.25) is 0 Å². The number of aromatic nitrogens is 3. The van der Waals surface area contributed by atoms with Crippen molar-refractivity contribution in [3.8, 4) is 10.8 Å². The molecule has 2 aromatic heterocycles. The molecule has 0 bridgehead atoms. The van der Waals surface area contributed by atoms with E-state index in [1.807, 2.05) is 0 Å². The van der Waals surface area contributed by atoms with E-state index in [1.54, 1.807) is 17.5 Å². The summed E-state index contributed by atoms with van der Waals surface area (Å²) in [5.74, 6) is 0.528. The third-order valence-electron chi connectivity index (χ3n) is 2.76. The summed E-state index contributed by atoms with van der Waals surface area (Å²) in [4.78, 5) is 8.04. The van der Waals surface area contributed by atoms with Gasteiger partial charge in [-0.15, -0.1) is 16.4 Å². The average Bonchev–Trinajstić information content (AvgIpc) is 2.99. The quantitative estimate of drug-likeness (QED) is 0.866. The number of nitrogens with zero attached hydrogens (tertiary/aromatic N) is 3. The summed E-state index contributed by atoms with van der Waals surface area (Å²) < 4.78 is 5.26. The highest BCUT2D eigenvalue weighted by molar-refractivity contribution is 7.71. The molecule has 7 heteroatoms. The minimum atomic E-state index is 0.300. The molecule has 0 unspecified atom stereocenters. The Morgan fingerprint density at radius 2 is 2.29 bits per heavy atom. The maximum atomic E-state index is 5.26. The first kappa shape index (κ1) is 11.1. The number of rotatable bonds is 3. The fourth-order valence-corrected chi connectivity index (χ4v) is 2.96. The van der Waals surface area contributed by atoms with E-state index in [9.17, 15) is 0 Å². The highest BCUT2D eigenvalue weighted by atomic mass is 32.1. The maximum absolute atomic E-state index is 5.26. The molecular weight excluding hydrogens is 256 g/mol. The van der Waals surface area contributed by atoms with Crippen LogP contribution >= 0.6 is 23.6 Å². The zero-order valence-corrected chi connectivity index (χ0v) is 10.8. The van der Waals surface area contributed by atoms with Crippen molar-refractivity contribution in [3.63, 3.8) is 0 Å². The zero-order chi connectivity index (χ0) is 11.7. The summed E-state index contributed by atoms with van der Waals surface area (Å²) in [6, 6.07) is 0. The van der Waals surface area contributed by atoms with E-state index in [2.05, 4.69) is 20.1 Å². The topological polar surface area (TPSA) is 58.0 Å². The van der Waals surface area contributed by atoms with Gasteiger partial charge in [-0.25, -0.2) is 10.1 Å². The van der Waals surface area contributed by atoms with Crippen molar-refractivity contribution in [2.24, 2.45) is 0 Å². The Morgan fingerprint density at radius 1 is 1.47 bits per heavy atom. The van der Waals surface area contributed by atoms with Crippen molar-refractivity contribution < 1.29 is 4.42 Å². The Morgan fingerprint density at radius 3 is 3.00 bits per heavy atom. The van der Waals surface area contributed by atoms with Crippen LogP contribution in [0, 0.1) is 4.84 Å². The molecule has 3 rings (SSSR count). The van der Waals surface area contributed by atoms with Gasteiger partial charge in [-0.2, -0.15) is 0 Å². The predicted molar refractivity (Wildman–Crippen MR) is 67.3 cm³/mol. The Labute approximate surface area is 107 Å². The minimum Gasteiger partial charge on any atom is -0.408 e. The maximum Gasteiger partial charge on any atom is 0.284 e. The van der Waals surface area contributed by atoms with Crippen molar-refractivity contribution in [1.29, 1.82) is 0 Å². The molecule has 0 radical (unpaired) electrons. The smallest absolute Gasteiger partial charge is 0.284 e. The monoisotopic (exact) mass is 268 g/mol. The summed E-state index contributed by atoms with van der Waals surface area (Å²) in [6.07, 6.45) is 4.39. The van der Waals surface area contributed by atoms with E-state index in [-0.39, 0.29) is 0 Å². The molecule has 0 spiro atoms. The van der Waals surface area contributed by atoms with Gasteiger partial charge in [-0.05, 0) is 38.1 Å². The number of hydrogen-bond donors (Lipinski definition) is 1. The Kier molecular flexibility index (Phi) is 3.04. The molecule has 0 saturated carbocycles. The third-order valence-corrected chi connectivity index (χ3v) is 3.90. The van der Waals surface area contributed by atoms with Gasteiger partial charge >= 0.3 is 0 Å². The van der Waals surface area contributed by atoms with Crippen LogP contribution in [0.5, 0.6) is 0 Å². The van der Waals surface area contributed by atoms with Crippen molar-refractivity contribution in [2.75, 3.05) is 13.1 Å². The number of aromatic amines is 1. The molecule has 0 aromatic carbocycles. The van der Waals surface area contributed by atoms with Crippen LogP contribution in [0.1, 0.15) is 17.8 Å². The second-order valence-electron chi connectivity index (χ2n) is 4.02. The second-order valence-corrected chi connectivity index (χ2v) is 5.51. The van der Waals surface area contributed by atoms with Crippen LogP contribution in [0.4, 0.5) is 0 Å². The van der Waals surface area contributed by atoms with Gasteiger partial charge in [-0.1, -0.05) is 0 Å². The number of hydrogen-bond acceptors (Lipinski definition) is 6. The van der Waals surface area contributed by atoms with Crippen LogP contribution in [-0.4, -0.2) is 33.2 Å². The van der Waals surface area contributed by atoms with E-state index in [0.29, 0.717) is 10.7 Å². The SMILES string of the molecule is S=c1[nH]nc(-c2cnc(CN3CCCC3)s2)o1. The zero-order valence-electron chi connectivity index (χ0n) is 9.18. The molecule has 17 heavy (non-hydrogen) atoms. The molecule has 0 aliphatic carbocycles. The standard InChI is InChI=1S/C10H12N4OS2/c16-10-13-12-9(15-10)7-5-11-8(17-7)6-14-3-1-2-4-14/h5H,1-4,6H2,(H,13,16). The van der Waals surface area contributed by atoms with Gasteiger partial charge in [0.15, 0.2) is 0 Å². The van der Waals surface area contributed by atoms with Gasteiger partial charge in [-0.3, -0.25) is 4.90 Å².